The van der Waals surface area contributed by atoms with Crippen molar-refractivity contribution >= 4 is 9.04 Å². The van der Waals surface area contributed by atoms with Gasteiger partial charge in [-0.05, 0) is 83.4 Å². The van der Waals surface area contributed by atoms with E-state index in [4.69, 9.17) is 4.43 Å². The van der Waals surface area contributed by atoms with Crippen molar-refractivity contribution in [3.05, 3.63) is 65.2 Å². The molecule has 0 fully saturated rings. The van der Waals surface area contributed by atoms with Crippen molar-refractivity contribution in [2.45, 2.75) is 97.5 Å². The van der Waals surface area contributed by atoms with E-state index in [1.165, 1.54) is 11.1 Å². The van der Waals surface area contributed by atoms with Gasteiger partial charge in [0.05, 0.1) is 6.10 Å². The molecule has 0 aliphatic rings. The van der Waals surface area contributed by atoms with E-state index < -0.39 is 9.04 Å². The van der Waals surface area contributed by atoms with Gasteiger partial charge < -0.3 is 9.53 Å². The normalized spacial score (nSPS) is 14.0. The molecule has 0 heterocycles. The highest BCUT2D eigenvalue weighted by atomic mass is 28.3. The van der Waals surface area contributed by atoms with E-state index in [9.17, 15) is 5.11 Å². The van der Waals surface area contributed by atoms with Crippen molar-refractivity contribution in [3.8, 4) is 5.75 Å². The minimum absolute atomic E-state index is 0.125. The van der Waals surface area contributed by atoms with E-state index in [2.05, 4.69) is 95.1 Å². The summed E-state index contributed by atoms with van der Waals surface area (Å²) in [6.07, 6.45) is 4.45. The third-order valence-electron chi connectivity index (χ3n) is 6.26. The smallest absolute Gasteiger partial charge is 0.171 e. The summed E-state index contributed by atoms with van der Waals surface area (Å²) >= 11 is 0. The largest absolute Gasteiger partial charge is 0.508 e. The molecule has 0 amide bonds. The van der Waals surface area contributed by atoms with Gasteiger partial charge in [-0.2, -0.15) is 0 Å². The van der Waals surface area contributed by atoms with Crippen LogP contribution in [-0.2, 0) is 4.43 Å². The second-order valence-corrected chi connectivity index (χ2v) is 12.2. The number of phenols is 1. The van der Waals surface area contributed by atoms with Gasteiger partial charge in [-0.25, -0.2) is 0 Å². The molecule has 2 rings (SSSR count). The molecule has 0 aromatic heterocycles. The maximum atomic E-state index is 10.9. The zero-order valence-corrected chi connectivity index (χ0v) is 22.5. The SMILES string of the molecule is CCCCC(O[SiH](C)C)c1ccc(O)c(C(CCN(C(C)C)C(C)C)c2ccccc2)c1. The first-order valence-electron chi connectivity index (χ1n) is 12.5. The fraction of sp³-hybridized carbons (Fsp3) is 0.571. The number of rotatable bonds is 13. The van der Waals surface area contributed by atoms with E-state index in [0.717, 1.165) is 37.8 Å². The summed E-state index contributed by atoms with van der Waals surface area (Å²) in [6, 6.07) is 17.8. The van der Waals surface area contributed by atoms with Crippen LogP contribution in [0, 0.1) is 0 Å². The summed E-state index contributed by atoms with van der Waals surface area (Å²) in [5, 5.41) is 10.9. The molecule has 4 heteroatoms. The maximum absolute atomic E-state index is 10.9. The monoisotopic (exact) mass is 455 g/mol. The zero-order valence-electron chi connectivity index (χ0n) is 21.3. The number of unbranched alkanes of at least 4 members (excludes halogenated alkanes) is 1. The minimum atomic E-state index is -1.17. The number of hydrogen-bond acceptors (Lipinski definition) is 3. The lowest BCUT2D eigenvalue weighted by molar-refractivity contribution is 0.170. The molecular formula is C28H45NO2Si. The van der Waals surface area contributed by atoms with Gasteiger partial charge in [-0.3, -0.25) is 4.90 Å². The lowest BCUT2D eigenvalue weighted by atomic mass is 9.86. The fourth-order valence-corrected chi connectivity index (χ4v) is 5.61. The highest BCUT2D eigenvalue weighted by Gasteiger charge is 2.23. The van der Waals surface area contributed by atoms with Crippen LogP contribution in [0.3, 0.4) is 0 Å². The fourth-order valence-electron chi connectivity index (χ4n) is 4.66. The van der Waals surface area contributed by atoms with Crippen LogP contribution in [0.4, 0.5) is 0 Å². The quantitative estimate of drug-likeness (QED) is 0.322. The van der Waals surface area contributed by atoms with Gasteiger partial charge in [0.1, 0.15) is 5.75 Å². The van der Waals surface area contributed by atoms with Crippen LogP contribution in [0.25, 0.3) is 0 Å². The molecule has 2 unspecified atom stereocenters. The highest BCUT2D eigenvalue weighted by molar-refractivity contribution is 6.48. The Morgan fingerprint density at radius 3 is 2.12 bits per heavy atom. The summed E-state index contributed by atoms with van der Waals surface area (Å²) in [6.45, 7) is 16.8. The Bertz CT molecular complexity index is 783. The molecule has 1 N–H and O–H groups in total. The second-order valence-electron chi connectivity index (χ2n) is 9.81. The molecule has 0 radical (unpaired) electrons. The average molecular weight is 456 g/mol. The van der Waals surface area contributed by atoms with Crippen LogP contribution in [0.15, 0.2) is 48.5 Å². The standard InChI is InChI=1S/C28H45NO2Si/c1-8-9-15-28(31-32(6)7)24-16-17-27(30)26(20-24)25(23-13-11-10-12-14-23)18-19-29(21(2)3)22(4)5/h10-14,16-17,20-22,25,28,30,32H,8-9,15,18-19H2,1-7H3. The number of nitrogens with zero attached hydrogens (tertiary/aromatic N) is 1. The van der Waals surface area contributed by atoms with E-state index >= 15 is 0 Å². The number of phenolic OH excluding ortho intramolecular Hbond substituents is 1. The molecule has 2 aromatic carbocycles. The second kappa shape index (κ2) is 13.2. The third-order valence-corrected chi connectivity index (χ3v) is 7.13. The van der Waals surface area contributed by atoms with E-state index in [1.807, 2.05) is 6.07 Å². The first kappa shape index (κ1) is 26.6. The van der Waals surface area contributed by atoms with Crippen LogP contribution in [0.2, 0.25) is 13.1 Å². The molecule has 178 valence electrons. The predicted molar refractivity (Wildman–Crippen MR) is 140 cm³/mol. The zero-order chi connectivity index (χ0) is 23.7. The summed E-state index contributed by atoms with van der Waals surface area (Å²) in [5.74, 6) is 0.540. The molecular weight excluding hydrogens is 410 g/mol. The molecule has 0 bridgehead atoms. The Balaban J connectivity index is 2.42. The van der Waals surface area contributed by atoms with Gasteiger partial charge in [0.15, 0.2) is 9.04 Å². The van der Waals surface area contributed by atoms with Gasteiger partial charge in [0, 0.05) is 23.6 Å². The summed E-state index contributed by atoms with van der Waals surface area (Å²) < 4.78 is 6.43. The van der Waals surface area contributed by atoms with E-state index in [-0.39, 0.29) is 12.0 Å². The van der Waals surface area contributed by atoms with Crippen LogP contribution in [0.1, 0.15) is 89.0 Å². The molecule has 2 aromatic rings. The van der Waals surface area contributed by atoms with E-state index in [0.29, 0.717) is 17.8 Å². The maximum Gasteiger partial charge on any atom is 0.171 e. The summed E-state index contributed by atoms with van der Waals surface area (Å²) in [7, 11) is -1.17. The Kier molecular flexibility index (Phi) is 11.0. The summed E-state index contributed by atoms with van der Waals surface area (Å²) in [5.41, 5.74) is 3.49. The predicted octanol–water partition coefficient (Wildman–Crippen LogP) is 7.26. The van der Waals surface area contributed by atoms with Gasteiger partial charge in [0.25, 0.3) is 0 Å². The molecule has 0 spiro atoms. The molecule has 32 heavy (non-hydrogen) atoms. The van der Waals surface area contributed by atoms with Gasteiger partial charge in [0.2, 0.25) is 0 Å². The molecule has 0 saturated heterocycles. The lowest BCUT2D eigenvalue weighted by Gasteiger charge is -2.32. The van der Waals surface area contributed by atoms with Crippen LogP contribution in [0.5, 0.6) is 5.75 Å². The first-order chi connectivity index (χ1) is 15.2. The molecule has 3 nitrogen and oxygen atoms in total. The Morgan fingerprint density at radius 1 is 0.906 bits per heavy atom. The van der Waals surface area contributed by atoms with Crippen molar-refractivity contribution in [3.63, 3.8) is 0 Å². The Labute approximate surface area is 198 Å². The van der Waals surface area contributed by atoms with Gasteiger partial charge in [-0.1, -0.05) is 56.2 Å². The van der Waals surface area contributed by atoms with Gasteiger partial charge >= 0.3 is 0 Å². The van der Waals surface area contributed by atoms with Crippen molar-refractivity contribution in [1.29, 1.82) is 0 Å². The Hall–Kier alpha value is -1.62. The van der Waals surface area contributed by atoms with Gasteiger partial charge in [-0.15, -0.1) is 0 Å². The van der Waals surface area contributed by atoms with Crippen molar-refractivity contribution in [2.24, 2.45) is 0 Å². The van der Waals surface area contributed by atoms with Crippen molar-refractivity contribution in [2.75, 3.05) is 6.54 Å². The van der Waals surface area contributed by atoms with Crippen LogP contribution >= 0.6 is 0 Å². The van der Waals surface area contributed by atoms with E-state index in [1.54, 1.807) is 0 Å². The third kappa shape index (κ3) is 7.75. The van der Waals surface area contributed by atoms with Crippen LogP contribution < -0.4 is 0 Å². The lowest BCUT2D eigenvalue weighted by Crippen LogP contribution is -2.38. The number of hydrogen-bond donors (Lipinski definition) is 1. The first-order valence-corrected chi connectivity index (χ1v) is 15.3. The van der Waals surface area contributed by atoms with Crippen molar-refractivity contribution in [1.82, 2.24) is 4.90 Å². The molecule has 0 saturated carbocycles. The molecule has 0 aliphatic heterocycles. The van der Waals surface area contributed by atoms with Crippen LogP contribution in [-0.4, -0.2) is 37.7 Å². The highest BCUT2D eigenvalue weighted by Crippen LogP contribution is 2.37. The van der Waals surface area contributed by atoms with Crippen molar-refractivity contribution < 1.29 is 9.53 Å². The minimum Gasteiger partial charge on any atom is -0.508 e. The summed E-state index contributed by atoms with van der Waals surface area (Å²) in [4.78, 5) is 2.54. The number of benzene rings is 2. The topological polar surface area (TPSA) is 32.7 Å². The Morgan fingerprint density at radius 2 is 1.56 bits per heavy atom. The average Bonchev–Trinajstić information content (AvgIpc) is 2.75. The molecule has 2 atom stereocenters. The molecule has 0 aliphatic carbocycles. The number of aromatic hydroxyl groups is 1.